The number of hydrogen-bond acceptors (Lipinski definition) is 4. The maximum absolute atomic E-state index is 11.8. The molecular weight excluding hydrogens is 320 g/mol. The van der Waals surface area contributed by atoms with E-state index >= 15 is 0 Å². The Morgan fingerprint density at radius 3 is 2.65 bits per heavy atom. The Kier molecular flexibility index (Phi) is 7.90. The van der Waals surface area contributed by atoms with Crippen molar-refractivity contribution in [2.45, 2.75) is 20.3 Å². The zero-order valence-corrected chi connectivity index (χ0v) is 13.9. The van der Waals surface area contributed by atoms with Crippen LogP contribution in [0.15, 0.2) is 29.4 Å². The molecule has 0 aromatic heterocycles. The molecule has 0 bridgehead atoms. The van der Waals surface area contributed by atoms with E-state index in [2.05, 4.69) is 15.8 Å². The number of carbonyl (C=O) groups is 2. The summed E-state index contributed by atoms with van der Waals surface area (Å²) in [6, 6.07) is 6.83. The van der Waals surface area contributed by atoms with E-state index < -0.39 is 0 Å². The number of nitrogens with two attached hydrogens (primary N) is 1. The van der Waals surface area contributed by atoms with Gasteiger partial charge in [-0.1, -0.05) is 42.7 Å². The molecule has 0 heterocycles. The molecule has 2 amide bonds. The molecule has 0 aliphatic carbocycles. The molecule has 0 unspecified atom stereocenters. The zero-order valence-electron chi connectivity index (χ0n) is 13.1. The minimum atomic E-state index is -0.382. The van der Waals surface area contributed by atoms with E-state index in [9.17, 15) is 9.59 Å². The number of hydrogen-bond donors (Lipinski definition) is 3. The van der Waals surface area contributed by atoms with Crippen molar-refractivity contribution in [3.8, 4) is 0 Å². The normalized spacial score (nSPS) is 11.2. The molecule has 1 rings (SSSR count). The van der Waals surface area contributed by atoms with E-state index in [4.69, 9.17) is 22.2 Å². The lowest BCUT2D eigenvalue weighted by Crippen LogP contribution is -2.30. The number of oxime groups is 1. The van der Waals surface area contributed by atoms with Crippen LogP contribution in [0.4, 0.5) is 5.69 Å². The van der Waals surface area contributed by atoms with E-state index in [1.54, 1.807) is 24.3 Å². The van der Waals surface area contributed by atoms with Crippen LogP contribution in [0, 0.1) is 5.92 Å². The van der Waals surface area contributed by atoms with Crippen LogP contribution in [0.25, 0.3) is 0 Å². The van der Waals surface area contributed by atoms with Crippen LogP contribution in [-0.4, -0.2) is 30.8 Å². The van der Waals surface area contributed by atoms with E-state index in [1.807, 2.05) is 13.8 Å². The molecule has 126 valence electrons. The zero-order chi connectivity index (χ0) is 17.2. The monoisotopic (exact) mass is 340 g/mol. The summed E-state index contributed by atoms with van der Waals surface area (Å²) < 4.78 is 0. The molecule has 0 spiro atoms. The molecule has 0 aliphatic rings. The first-order valence-electron chi connectivity index (χ1n) is 7.14. The largest absolute Gasteiger partial charge is 0.384 e. The van der Waals surface area contributed by atoms with E-state index in [0.717, 1.165) is 0 Å². The lowest BCUT2D eigenvalue weighted by Gasteiger charge is -2.07. The van der Waals surface area contributed by atoms with Crippen LogP contribution < -0.4 is 16.4 Å². The third kappa shape index (κ3) is 8.06. The highest BCUT2D eigenvalue weighted by atomic mass is 35.5. The Morgan fingerprint density at radius 2 is 2.00 bits per heavy atom. The summed E-state index contributed by atoms with van der Waals surface area (Å²) in [4.78, 5) is 28.0. The van der Waals surface area contributed by atoms with Gasteiger partial charge in [0.2, 0.25) is 5.91 Å². The van der Waals surface area contributed by atoms with E-state index in [0.29, 0.717) is 23.2 Å². The van der Waals surface area contributed by atoms with Gasteiger partial charge in [-0.05, 0) is 18.1 Å². The fraction of sp³-hybridized carbons (Fsp3) is 0.400. The van der Waals surface area contributed by atoms with Gasteiger partial charge in [-0.3, -0.25) is 9.59 Å². The summed E-state index contributed by atoms with van der Waals surface area (Å²) in [5.74, 6) is -0.366. The summed E-state index contributed by atoms with van der Waals surface area (Å²) in [6.45, 7) is 4.27. The third-order valence-corrected chi connectivity index (χ3v) is 2.90. The molecule has 0 saturated heterocycles. The number of rotatable bonds is 8. The Morgan fingerprint density at radius 1 is 1.30 bits per heavy atom. The van der Waals surface area contributed by atoms with Crippen LogP contribution in [0.1, 0.15) is 20.3 Å². The highest BCUT2D eigenvalue weighted by Gasteiger charge is 2.08. The summed E-state index contributed by atoms with van der Waals surface area (Å²) in [5.41, 5.74) is 6.06. The number of halogens is 1. The van der Waals surface area contributed by atoms with Crippen LogP contribution in [0.3, 0.4) is 0 Å². The van der Waals surface area contributed by atoms with Gasteiger partial charge in [0.1, 0.15) is 5.84 Å². The Hall–Kier alpha value is -2.28. The molecular formula is C15H21ClN4O3. The van der Waals surface area contributed by atoms with E-state index in [1.165, 1.54) is 0 Å². The molecule has 0 saturated carbocycles. The van der Waals surface area contributed by atoms with Crippen LogP contribution in [0.2, 0.25) is 5.02 Å². The highest BCUT2D eigenvalue weighted by molar-refractivity contribution is 6.33. The SMILES string of the molecule is CC(C)CNC(=O)CON=C(N)CC(=O)Nc1ccccc1Cl. The average molecular weight is 341 g/mol. The van der Waals surface area contributed by atoms with Crippen LogP contribution in [-0.2, 0) is 14.4 Å². The fourth-order valence-corrected chi connectivity index (χ4v) is 1.68. The van der Waals surface area contributed by atoms with Crippen molar-refractivity contribution < 1.29 is 14.4 Å². The number of amides is 2. The van der Waals surface area contributed by atoms with Gasteiger partial charge in [-0.15, -0.1) is 0 Å². The molecule has 4 N–H and O–H groups in total. The number of carbonyl (C=O) groups excluding carboxylic acids is 2. The van der Waals surface area contributed by atoms with Gasteiger partial charge >= 0.3 is 0 Å². The van der Waals surface area contributed by atoms with Crippen molar-refractivity contribution in [1.29, 1.82) is 0 Å². The van der Waals surface area contributed by atoms with Crippen molar-refractivity contribution in [3.63, 3.8) is 0 Å². The first-order chi connectivity index (χ1) is 10.9. The predicted octanol–water partition coefficient (Wildman–Crippen LogP) is 1.73. The van der Waals surface area contributed by atoms with Gasteiger partial charge in [0.05, 0.1) is 17.1 Å². The quantitative estimate of drug-likeness (QED) is 0.380. The second-order valence-electron chi connectivity index (χ2n) is 5.26. The second kappa shape index (κ2) is 9.68. The minimum absolute atomic E-state index is 0.0359. The Labute approximate surface area is 140 Å². The molecule has 8 heteroatoms. The van der Waals surface area contributed by atoms with Crippen molar-refractivity contribution in [1.82, 2.24) is 5.32 Å². The maximum atomic E-state index is 11.8. The summed E-state index contributed by atoms with van der Waals surface area (Å²) in [7, 11) is 0. The predicted molar refractivity (Wildman–Crippen MR) is 90.1 cm³/mol. The number of amidine groups is 1. The molecule has 7 nitrogen and oxygen atoms in total. The van der Waals surface area contributed by atoms with Gasteiger partial charge in [0.25, 0.3) is 5.91 Å². The van der Waals surface area contributed by atoms with Gasteiger partial charge in [-0.2, -0.15) is 0 Å². The molecule has 1 aromatic carbocycles. The highest BCUT2D eigenvalue weighted by Crippen LogP contribution is 2.20. The second-order valence-corrected chi connectivity index (χ2v) is 5.67. The van der Waals surface area contributed by atoms with Crippen molar-refractivity contribution >= 4 is 34.9 Å². The first-order valence-corrected chi connectivity index (χ1v) is 7.51. The Balaban J connectivity index is 2.34. The van der Waals surface area contributed by atoms with Gasteiger partial charge < -0.3 is 21.2 Å². The average Bonchev–Trinajstić information content (AvgIpc) is 2.47. The molecule has 1 aromatic rings. The third-order valence-electron chi connectivity index (χ3n) is 2.57. The molecule has 0 radical (unpaired) electrons. The summed E-state index contributed by atoms with van der Waals surface area (Å²) >= 11 is 5.93. The smallest absolute Gasteiger partial charge is 0.260 e. The topological polar surface area (TPSA) is 106 Å². The van der Waals surface area contributed by atoms with E-state index in [-0.39, 0.29) is 30.7 Å². The fourth-order valence-electron chi connectivity index (χ4n) is 1.50. The van der Waals surface area contributed by atoms with Gasteiger partial charge in [-0.25, -0.2) is 0 Å². The van der Waals surface area contributed by atoms with Crippen LogP contribution in [0.5, 0.6) is 0 Å². The first kappa shape index (κ1) is 18.8. The van der Waals surface area contributed by atoms with Gasteiger partial charge in [0, 0.05) is 6.54 Å². The van der Waals surface area contributed by atoms with Gasteiger partial charge in [0.15, 0.2) is 6.61 Å². The molecule has 0 atom stereocenters. The van der Waals surface area contributed by atoms with Crippen molar-refractivity contribution in [3.05, 3.63) is 29.3 Å². The summed E-state index contributed by atoms with van der Waals surface area (Å²) in [5, 5.41) is 9.23. The van der Waals surface area contributed by atoms with Crippen molar-refractivity contribution in [2.24, 2.45) is 16.8 Å². The summed E-state index contributed by atoms with van der Waals surface area (Å²) in [6.07, 6.45) is -0.168. The molecule has 0 fully saturated rings. The van der Waals surface area contributed by atoms with Crippen molar-refractivity contribution in [2.75, 3.05) is 18.5 Å². The number of benzene rings is 1. The number of nitrogens with zero attached hydrogens (tertiary/aromatic N) is 1. The molecule has 0 aliphatic heterocycles. The minimum Gasteiger partial charge on any atom is -0.384 e. The lowest BCUT2D eigenvalue weighted by molar-refractivity contribution is -0.125. The number of nitrogens with one attached hydrogen (secondary N) is 2. The van der Waals surface area contributed by atoms with Crippen LogP contribution >= 0.6 is 11.6 Å². The lowest BCUT2D eigenvalue weighted by atomic mass is 10.2. The standard InChI is InChI=1S/C15H21ClN4O3/c1-10(2)8-18-15(22)9-23-20-13(17)7-14(21)19-12-6-4-3-5-11(12)16/h3-6,10H,7-9H2,1-2H3,(H2,17,20)(H,18,22)(H,19,21). The molecule has 23 heavy (non-hydrogen) atoms. The number of anilines is 1. The Bertz CT molecular complexity index is 576. The maximum Gasteiger partial charge on any atom is 0.260 e. The number of para-hydroxylation sites is 1.